The monoisotopic (exact) mass is 376 g/mol. The summed E-state index contributed by atoms with van der Waals surface area (Å²) in [6.45, 7) is 4.72. The summed E-state index contributed by atoms with van der Waals surface area (Å²) in [5, 5.41) is 5.67. The first-order chi connectivity index (χ1) is 13.2. The van der Waals surface area contributed by atoms with Gasteiger partial charge in [-0.1, -0.05) is 19.8 Å². The third-order valence-corrected chi connectivity index (χ3v) is 5.32. The van der Waals surface area contributed by atoms with Crippen molar-refractivity contribution < 1.29 is 19.0 Å². The summed E-state index contributed by atoms with van der Waals surface area (Å²) in [5.41, 5.74) is 0.735. The van der Waals surface area contributed by atoms with Crippen LogP contribution in [0, 0.1) is 5.92 Å². The lowest BCUT2D eigenvalue weighted by molar-refractivity contribution is -0.00232. The smallest absolute Gasteiger partial charge is 0.319 e. The molecular weight excluding hydrogens is 344 g/mol. The maximum Gasteiger partial charge on any atom is 0.319 e. The average molecular weight is 376 g/mol. The van der Waals surface area contributed by atoms with Gasteiger partial charge in [-0.05, 0) is 55.9 Å². The minimum absolute atomic E-state index is 0.201. The molecule has 0 unspecified atom stereocenters. The molecule has 0 spiro atoms. The van der Waals surface area contributed by atoms with Crippen LogP contribution >= 0.6 is 0 Å². The molecule has 2 amide bonds. The number of ether oxygens (including phenoxy) is 3. The van der Waals surface area contributed by atoms with Crippen LogP contribution in [-0.4, -0.2) is 44.6 Å². The second-order valence-corrected chi connectivity index (χ2v) is 7.52. The van der Waals surface area contributed by atoms with Gasteiger partial charge in [-0.3, -0.25) is 0 Å². The molecule has 27 heavy (non-hydrogen) atoms. The number of nitrogens with one attached hydrogen (secondary N) is 2. The van der Waals surface area contributed by atoms with Crippen molar-refractivity contribution in [3.63, 3.8) is 0 Å². The second kappa shape index (κ2) is 10.5. The fraction of sp³-hybridized carbons (Fsp3) is 0.667. The molecule has 2 fully saturated rings. The number of urea groups is 1. The predicted molar refractivity (Wildman–Crippen MR) is 105 cm³/mol. The molecule has 0 radical (unpaired) electrons. The van der Waals surface area contributed by atoms with E-state index in [0.717, 1.165) is 37.3 Å². The highest BCUT2D eigenvalue weighted by Gasteiger charge is 2.21. The van der Waals surface area contributed by atoms with E-state index in [1.807, 2.05) is 24.3 Å². The third kappa shape index (κ3) is 6.70. The van der Waals surface area contributed by atoms with Gasteiger partial charge in [0.05, 0.1) is 18.8 Å². The van der Waals surface area contributed by atoms with Crippen LogP contribution in [0.3, 0.4) is 0 Å². The minimum atomic E-state index is -0.219. The molecule has 1 saturated heterocycles. The van der Waals surface area contributed by atoms with Crippen LogP contribution in [0.5, 0.6) is 5.75 Å². The van der Waals surface area contributed by atoms with Crippen molar-refractivity contribution in [1.29, 1.82) is 0 Å². The molecule has 6 nitrogen and oxygen atoms in total. The number of hydrogen-bond donors (Lipinski definition) is 2. The van der Waals surface area contributed by atoms with E-state index in [1.165, 1.54) is 19.3 Å². The van der Waals surface area contributed by atoms with Gasteiger partial charge in [-0.15, -0.1) is 0 Å². The Bertz CT molecular complexity index is 572. The Kier molecular flexibility index (Phi) is 7.78. The zero-order valence-electron chi connectivity index (χ0n) is 16.2. The first-order valence-electron chi connectivity index (χ1n) is 10.2. The second-order valence-electron chi connectivity index (χ2n) is 7.52. The van der Waals surface area contributed by atoms with Gasteiger partial charge >= 0.3 is 6.03 Å². The Hall–Kier alpha value is -1.79. The zero-order valence-corrected chi connectivity index (χ0v) is 16.2. The fourth-order valence-electron chi connectivity index (χ4n) is 3.68. The molecule has 3 rings (SSSR count). The SMILES string of the molecule is C[C@@H]1CCCC[C@H]1OCCNC(=O)Nc1ccc(OC[C@@H]2CCCO2)cc1. The van der Waals surface area contributed by atoms with Crippen LogP contribution < -0.4 is 15.4 Å². The van der Waals surface area contributed by atoms with Gasteiger partial charge in [-0.25, -0.2) is 4.79 Å². The van der Waals surface area contributed by atoms with E-state index >= 15 is 0 Å². The van der Waals surface area contributed by atoms with Crippen LogP contribution in [-0.2, 0) is 9.47 Å². The van der Waals surface area contributed by atoms with Gasteiger partial charge < -0.3 is 24.8 Å². The third-order valence-electron chi connectivity index (χ3n) is 5.32. The van der Waals surface area contributed by atoms with Crippen LogP contribution in [0.1, 0.15) is 45.4 Å². The average Bonchev–Trinajstić information content (AvgIpc) is 3.20. The molecule has 1 heterocycles. The maximum atomic E-state index is 12.0. The molecule has 0 aromatic heterocycles. The molecule has 1 aliphatic heterocycles. The Morgan fingerprint density at radius 2 is 1.96 bits per heavy atom. The van der Waals surface area contributed by atoms with Crippen molar-refractivity contribution in [2.45, 2.75) is 57.7 Å². The van der Waals surface area contributed by atoms with Gasteiger partial charge in [0.15, 0.2) is 0 Å². The summed E-state index contributed by atoms with van der Waals surface area (Å²) < 4.78 is 17.2. The first kappa shape index (κ1) is 20.0. The number of carbonyl (C=O) groups is 1. The van der Waals surface area contributed by atoms with E-state index < -0.39 is 0 Å². The largest absolute Gasteiger partial charge is 0.491 e. The Balaban J connectivity index is 1.30. The molecule has 150 valence electrons. The summed E-state index contributed by atoms with van der Waals surface area (Å²) in [5.74, 6) is 1.40. The molecule has 2 aliphatic rings. The summed E-state index contributed by atoms with van der Waals surface area (Å²) in [6.07, 6.45) is 7.63. The molecule has 1 aliphatic carbocycles. The van der Waals surface area contributed by atoms with Gasteiger partial charge in [-0.2, -0.15) is 0 Å². The van der Waals surface area contributed by atoms with E-state index in [-0.39, 0.29) is 12.1 Å². The predicted octanol–water partition coefficient (Wildman–Crippen LogP) is 3.96. The Morgan fingerprint density at radius 3 is 2.70 bits per heavy atom. The quantitative estimate of drug-likeness (QED) is 0.674. The van der Waals surface area contributed by atoms with E-state index in [9.17, 15) is 4.79 Å². The number of amides is 2. The molecule has 1 aromatic carbocycles. The molecule has 6 heteroatoms. The van der Waals surface area contributed by atoms with Crippen molar-refractivity contribution in [1.82, 2.24) is 5.32 Å². The summed E-state index contributed by atoms with van der Waals surface area (Å²) in [6, 6.07) is 7.18. The molecule has 0 bridgehead atoms. The lowest BCUT2D eigenvalue weighted by Crippen LogP contribution is -2.34. The number of rotatable bonds is 8. The summed E-state index contributed by atoms with van der Waals surface area (Å²) in [7, 11) is 0. The fourth-order valence-corrected chi connectivity index (χ4v) is 3.68. The normalized spacial score (nSPS) is 25.1. The number of carbonyl (C=O) groups excluding carboxylic acids is 1. The van der Waals surface area contributed by atoms with Crippen molar-refractivity contribution in [2.75, 3.05) is 31.7 Å². The van der Waals surface area contributed by atoms with Crippen LogP contribution in [0.25, 0.3) is 0 Å². The molecule has 1 aromatic rings. The van der Waals surface area contributed by atoms with E-state index in [1.54, 1.807) is 0 Å². The molecule has 2 N–H and O–H groups in total. The topological polar surface area (TPSA) is 68.8 Å². The van der Waals surface area contributed by atoms with Crippen molar-refractivity contribution in [3.8, 4) is 5.75 Å². The van der Waals surface area contributed by atoms with Crippen LogP contribution in [0.2, 0.25) is 0 Å². The van der Waals surface area contributed by atoms with Gasteiger partial charge in [0, 0.05) is 18.8 Å². The Labute approximate surface area is 161 Å². The zero-order chi connectivity index (χ0) is 18.9. The maximum absolute atomic E-state index is 12.0. The van der Waals surface area contributed by atoms with E-state index in [2.05, 4.69) is 17.6 Å². The van der Waals surface area contributed by atoms with Gasteiger partial charge in [0.1, 0.15) is 12.4 Å². The Morgan fingerprint density at radius 1 is 1.15 bits per heavy atom. The summed E-state index contributed by atoms with van der Waals surface area (Å²) >= 11 is 0. The molecule has 3 atom stereocenters. The van der Waals surface area contributed by atoms with Crippen molar-refractivity contribution in [3.05, 3.63) is 24.3 Å². The van der Waals surface area contributed by atoms with Gasteiger partial charge in [0.25, 0.3) is 0 Å². The molecule has 1 saturated carbocycles. The van der Waals surface area contributed by atoms with Crippen molar-refractivity contribution in [2.24, 2.45) is 5.92 Å². The number of hydrogen-bond acceptors (Lipinski definition) is 4. The number of anilines is 1. The summed E-state index contributed by atoms with van der Waals surface area (Å²) in [4.78, 5) is 12.0. The van der Waals surface area contributed by atoms with E-state index in [0.29, 0.717) is 31.8 Å². The minimum Gasteiger partial charge on any atom is -0.491 e. The lowest BCUT2D eigenvalue weighted by atomic mass is 9.88. The highest BCUT2D eigenvalue weighted by Crippen LogP contribution is 2.26. The van der Waals surface area contributed by atoms with E-state index in [4.69, 9.17) is 14.2 Å². The van der Waals surface area contributed by atoms with Crippen LogP contribution in [0.15, 0.2) is 24.3 Å². The first-order valence-corrected chi connectivity index (χ1v) is 10.2. The highest BCUT2D eigenvalue weighted by molar-refractivity contribution is 5.89. The van der Waals surface area contributed by atoms with Crippen molar-refractivity contribution >= 4 is 11.7 Å². The molecular formula is C21H32N2O4. The standard InChI is InChI=1S/C21H32N2O4/c1-16-5-2-3-7-20(16)26-14-12-22-21(24)23-17-8-10-18(11-9-17)27-15-19-6-4-13-25-19/h8-11,16,19-20H,2-7,12-15H2,1H3,(H2,22,23,24)/t16-,19+,20-/m1/s1. The number of benzene rings is 1. The lowest BCUT2D eigenvalue weighted by Gasteiger charge is -2.28. The van der Waals surface area contributed by atoms with Crippen LogP contribution in [0.4, 0.5) is 10.5 Å². The highest BCUT2D eigenvalue weighted by atomic mass is 16.5. The van der Waals surface area contributed by atoms with Gasteiger partial charge in [0.2, 0.25) is 0 Å².